The van der Waals surface area contributed by atoms with Crippen LogP contribution in [0.4, 0.5) is 0 Å². The van der Waals surface area contributed by atoms with Crippen molar-refractivity contribution in [1.29, 1.82) is 0 Å². The summed E-state index contributed by atoms with van der Waals surface area (Å²) in [4.78, 5) is 18.1. The molecule has 0 aromatic heterocycles. The molecular formula is C14H24N2O6. The Labute approximate surface area is 129 Å². The maximum Gasteiger partial charge on any atom is 0.325 e. The second kappa shape index (κ2) is 8.00. The molecule has 1 fully saturated rings. The topological polar surface area (TPSA) is 114 Å². The number of hydrogen-bond acceptors (Lipinski definition) is 8. The van der Waals surface area contributed by atoms with E-state index in [4.69, 9.17) is 4.84 Å². The molecule has 0 radical (unpaired) electrons. The van der Waals surface area contributed by atoms with Crippen LogP contribution in [0.1, 0.15) is 38.5 Å². The largest absolute Gasteiger partial charge is 0.375 e. The van der Waals surface area contributed by atoms with Crippen molar-refractivity contribution in [3.63, 3.8) is 0 Å². The molecule has 2 rings (SSSR count). The lowest BCUT2D eigenvalue weighted by Crippen LogP contribution is -2.38. The molecule has 0 aliphatic carbocycles. The lowest BCUT2D eigenvalue weighted by atomic mass is 10.2. The first-order chi connectivity index (χ1) is 10.5. The van der Waals surface area contributed by atoms with Crippen molar-refractivity contribution in [2.75, 3.05) is 6.54 Å². The van der Waals surface area contributed by atoms with Crippen molar-refractivity contribution < 1.29 is 30.1 Å². The highest BCUT2D eigenvalue weighted by atomic mass is 16.7. The van der Waals surface area contributed by atoms with Gasteiger partial charge in [-0.1, -0.05) is 11.5 Å². The molecule has 1 saturated heterocycles. The van der Waals surface area contributed by atoms with Crippen LogP contribution >= 0.6 is 0 Å². The quantitative estimate of drug-likeness (QED) is 0.358. The highest BCUT2D eigenvalue weighted by Crippen LogP contribution is 2.21. The number of carbonyl (C=O) groups excluding carboxylic acids is 1. The van der Waals surface area contributed by atoms with Gasteiger partial charge in [0.2, 0.25) is 0 Å². The van der Waals surface area contributed by atoms with Crippen LogP contribution in [0.2, 0.25) is 0 Å². The Kier molecular flexibility index (Phi) is 6.30. The lowest BCUT2D eigenvalue weighted by Gasteiger charge is -2.23. The van der Waals surface area contributed by atoms with Crippen molar-refractivity contribution in [3.8, 4) is 0 Å². The van der Waals surface area contributed by atoms with Crippen LogP contribution in [0.5, 0.6) is 0 Å². The highest BCUT2D eigenvalue weighted by Gasteiger charge is 2.34. The lowest BCUT2D eigenvalue weighted by molar-refractivity contribution is -0.261. The summed E-state index contributed by atoms with van der Waals surface area (Å²) >= 11 is 0. The third-order valence-electron chi connectivity index (χ3n) is 3.91. The average molecular weight is 316 g/mol. The van der Waals surface area contributed by atoms with Crippen molar-refractivity contribution in [2.24, 2.45) is 0 Å². The van der Waals surface area contributed by atoms with Gasteiger partial charge in [0.1, 0.15) is 24.9 Å². The Bertz CT molecular complexity index is 383. The number of nitrogens with zero attached hydrogens (tertiary/aromatic N) is 2. The second-order valence-corrected chi connectivity index (χ2v) is 5.62. The highest BCUT2D eigenvalue weighted by molar-refractivity contribution is 5.68. The smallest absolute Gasteiger partial charge is 0.325 e. The minimum absolute atomic E-state index is 0.194. The Morgan fingerprint density at radius 2 is 1.59 bits per heavy atom. The number of rotatable bonds is 7. The van der Waals surface area contributed by atoms with Crippen LogP contribution in [0.15, 0.2) is 12.2 Å². The number of aliphatic hydroxyl groups is 4. The van der Waals surface area contributed by atoms with Crippen LogP contribution in [0, 0.1) is 0 Å². The molecule has 8 nitrogen and oxygen atoms in total. The molecule has 0 aromatic carbocycles. The van der Waals surface area contributed by atoms with Crippen LogP contribution in [0.25, 0.3) is 0 Å². The SMILES string of the molecule is O=C(CCCCCN1C(O)C=CC1O)ON1C(O)CCC1O. The van der Waals surface area contributed by atoms with Crippen LogP contribution in [-0.4, -0.2) is 67.8 Å². The molecule has 126 valence electrons. The zero-order chi connectivity index (χ0) is 16.1. The molecule has 0 aromatic rings. The number of hydroxylamine groups is 2. The molecule has 0 spiro atoms. The third kappa shape index (κ3) is 4.48. The fourth-order valence-electron chi connectivity index (χ4n) is 2.62. The first-order valence-electron chi connectivity index (χ1n) is 7.64. The van der Waals surface area contributed by atoms with E-state index in [0.717, 1.165) is 17.9 Å². The van der Waals surface area contributed by atoms with Crippen LogP contribution in [-0.2, 0) is 9.63 Å². The van der Waals surface area contributed by atoms with E-state index in [0.29, 0.717) is 25.8 Å². The van der Waals surface area contributed by atoms with Crippen LogP contribution < -0.4 is 0 Å². The molecule has 2 aliphatic heterocycles. The zero-order valence-corrected chi connectivity index (χ0v) is 12.4. The Balaban J connectivity index is 1.56. The van der Waals surface area contributed by atoms with E-state index in [1.165, 1.54) is 12.2 Å². The van der Waals surface area contributed by atoms with E-state index in [1.54, 1.807) is 4.90 Å². The van der Waals surface area contributed by atoms with E-state index in [-0.39, 0.29) is 6.42 Å². The van der Waals surface area contributed by atoms with Gasteiger partial charge in [0.05, 0.1) is 0 Å². The summed E-state index contributed by atoms with van der Waals surface area (Å²) in [6.45, 7) is 0.536. The van der Waals surface area contributed by atoms with Gasteiger partial charge >= 0.3 is 5.97 Å². The summed E-state index contributed by atoms with van der Waals surface area (Å²) in [5.74, 6) is -0.483. The zero-order valence-electron chi connectivity index (χ0n) is 12.4. The van der Waals surface area contributed by atoms with Gasteiger partial charge in [0, 0.05) is 13.0 Å². The number of unbranched alkanes of at least 4 members (excludes halogenated alkanes) is 2. The first kappa shape index (κ1) is 17.3. The molecule has 22 heavy (non-hydrogen) atoms. The third-order valence-corrected chi connectivity index (χ3v) is 3.91. The fourth-order valence-corrected chi connectivity index (χ4v) is 2.62. The minimum Gasteiger partial charge on any atom is -0.375 e. The molecule has 0 saturated carbocycles. The van der Waals surface area contributed by atoms with E-state index in [2.05, 4.69) is 0 Å². The van der Waals surface area contributed by atoms with Crippen molar-refractivity contribution >= 4 is 5.97 Å². The number of aliphatic hydroxyl groups excluding tert-OH is 4. The summed E-state index contributed by atoms with van der Waals surface area (Å²) < 4.78 is 0. The Morgan fingerprint density at radius 3 is 2.18 bits per heavy atom. The minimum atomic E-state index is -0.940. The standard InChI is InChI=1S/C14H24N2O6/c17-10-5-6-11(18)15(10)9-3-1-2-4-14(21)22-16-12(19)7-8-13(16)20/h5-6,10-13,17-20H,1-4,7-9H2. The molecule has 8 heteroatoms. The van der Waals surface area contributed by atoms with E-state index < -0.39 is 30.9 Å². The molecule has 4 N–H and O–H groups in total. The number of hydrogen-bond donors (Lipinski definition) is 4. The molecule has 2 aliphatic rings. The summed E-state index contributed by atoms with van der Waals surface area (Å²) in [5, 5.41) is 39.1. The van der Waals surface area contributed by atoms with Gasteiger partial charge in [-0.2, -0.15) is 0 Å². The Hall–Kier alpha value is -1.03. The molecule has 4 atom stereocenters. The predicted octanol–water partition coefficient (Wildman–Crippen LogP) is -0.754. The molecule has 0 bridgehead atoms. The molecular weight excluding hydrogens is 292 g/mol. The molecule has 0 amide bonds. The van der Waals surface area contributed by atoms with E-state index in [1.807, 2.05) is 0 Å². The summed E-state index contributed by atoms with van der Waals surface area (Å²) in [6.07, 6.45) is 2.72. The summed E-state index contributed by atoms with van der Waals surface area (Å²) in [7, 11) is 0. The van der Waals surface area contributed by atoms with Crippen LogP contribution in [0.3, 0.4) is 0 Å². The van der Waals surface area contributed by atoms with Gasteiger partial charge in [-0.15, -0.1) is 0 Å². The van der Waals surface area contributed by atoms with Gasteiger partial charge in [0.25, 0.3) is 0 Å². The first-order valence-corrected chi connectivity index (χ1v) is 7.64. The monoisotopic (exact) mass is 316 g/mol. The molecule has 4 unspecified atom stereocenters. The van der Waals surface area contributed by atoms with Crippen molar-refractivity contribution in [3.05, 3.63) is 12.2 Å². The van der Waals surface area contributed by atoms with Crippen molar-refractivity contribution in [2.45, 2.75) is 63.4 Å². The van der Waals surface area contributed by atoms with E-state index in [9.17, 15) is 25.2 Å². The summed E-state index contributed by atoms with van der Waals surface area (Å²) in [5.41, 5.74) is 0. The van der Waals surface area contributed by atoms with Gasteiger partial charge in [-0.25, -0.2) is 4.90 Å². The maximum atomic E-state index is 11.6. The summed E-state index contributed by atoms with van der Waals surface area (Å²) in [6, 6.07) is 0. The fraction of sp³-hybridized carbons (Fsp3) is 0.786. The molecule has 2 heterocycles. The van der Waals surface area contributed by atoms with Gasteiger partial charge in [-0.05, 0) is 37.8 Å². The predicted molar refractivity (Wildman–Crippen MR) is 75.5 cm³/mol. The maximum absolute atomic E-state index is 11.6. The Morgan fingerprint density at radius 1 is 1.00 bits per heavy atom. The van der Waals surface area contributed by atoms with Crippen molar-refractivity contribution in [1.82, 2.24) is 9.96 Å². The second-order valence-electron chi connectivity index (χ2n) is 5.62. The van der Waals surface area contributed by atoms with E-state index >= 15 is 0 Å². The van der Waals surface area contributed by atoms with Gasteiger partial charge < -0.3 is 25.3 Å². The van der Waals surface area contributed by atoms with Gasteiger partial charge in [0.15, 0.2) is 0 Å². The average Bonchev–Trinajstić information content (AvgIpc) is 2.96. The van der Waals surface area contributed by atoms with Gasteiger partial charge in [-0.3, -0.25) is 4.79 Å². The number of carbonyl (C=O) groups is 1. The normalized spacial score (nSPS) is 32.7.